The van der Waals surface area contributed by atoms with Crippen molar-refractivity contribution in [3.63, 3.8) is 0 Å². The fraction of sp³-hybridized carbons (Fsp3) is 0.917. The van der Waals surface area contributed by atoms with Crippen molar-refractivity contribution >= 4 is 18.3 Å². The summed E-state index contributed by atoms with van der Waals surface area (Å²) in [7, 11) is 0. The first-order valence-electron chi connectivity index (χ1n) is 6.41. The number of rotatable bonds is 5. The maximum atomic E-state index is 11.9. The van der Waals surface area contributed by atoms with Gasteiger partial charge in [-0.3, -0.25) is 9.69 Å². The monoisotopic (exact) mass is 263 g/mol. The van der Waals surface area contributed by atoms with Gasteiger partial charge in [-0.25, -0.2) is 0 Å². The van der Waals surface area contributed by atoms with Gasteiger partial charge in [0.25, 0.3) is 0 Å². The number of hydrogen-bond acceptors (Lipinski definition) is 3. The van der Waals surface area contributed by atoms with E-state index in [1.807, 2.05) is 18.7 Å². The molecule has 0 aromatic rings. The van der Waals surface area contributed by atoms with E-state index >= 15 is 0 Å². The Kier molecular flexibility index (Phi) is 8.56. The van der Waals surface area contributed by atoms with Crippen LogP contribution in [0.25, 0.3) is 0 Å². The molecular weight excluding hydrogens is 238 g/mol. The van der Waals surface area contributed by atoms with E-state index in [4.69, 9.17) is 5.73 Å². The second kappa shape index (κ2) is 8.72. The molecule has 2 N–H and O–H groups in total. The van der Waals surface area contributed by atoms with Crippen LogP contribution in [0, 0.1) is 5.92 Å². The average molecular weight is 264 g/mol. The first-order chi connectivity index (χ1) is 7.71. The number of halogens is 1. The predicted molar refractivity (Wildman–Crippen MR) is 73.4 cm³/mol. The predicted octanol–water partition coefficient (Wildman–Crippen LogP) is 0.947. The lowest BCUT2D eigenvalue weighted by molar-refractivity contribution is -0.132. The lowest BCUT2D eigenvalue weighted by Gasteiger charge is -2.32. The fourth-order valence-corrected chi connectivity index (χ4v) is 2.35. The Hall–Kier alpha value is -0.320. The molecule has 0 bridgehead atoms. The Labute approximate surface area is 111 Å². The topological polar surface area (TPSA) is 49.6 Å². The zero-order chi connectivity index (χ0) is 12.0. The van der Waals surface area contributed by atoms with E-state index in [-0.39, 0.29) is 18.3 Å². The van der Waals surface area contributed by atoms with E-state index in [1.54, 1.807) is 0 Å². The zero-order valence-electron chi connectivity index (χ0n) is 11.0. The highest BCUT2D eigenvalue weighted by molar-refractivity contribution is 5.85. The summed E-state index contributed by atoms with van der Waals surface area (Å²) in [5, 5.41) is 0. The fourth-order valence-electron chi connectivity index (χ4n) is 2.35. The summed E-state index contributed by atoms with van der Waals surface area (Å²) in [6, 6.07) is 0. The van der Waals surface area contributed by atoms with Crippen molar-refractivity contribution in [1.29, 1.82) is 0 Å². The molecule has 0 aromatic carbocycles. The van der Waals surface area contributed by atoms with Gasteiger partial charge in [0.05, 0.1) is 6.54 Å². The second-order valence-corrected chi connectivity index (χ2v) is 4.55. The van der Waals surface area contributed by atoms with Gasteiger partial charge in [-0.05, 0) is 45.7 Å². The van der Waals surface area contributed by atoms with Gasteiger partial charge in [-0.15, -0.1) is 12.4 Å². The third-order valence-electron chi connectivity index (χ3n) is 3.41. The molecule has 1 atom stereocenters. The van der Waals surface area contributed by atoms with Crippen molar-refractivity contribution in [2.24, 2.45) is 11.7 Å². The van der Waals surface area contributed by atoms with Crippen molar-refractivity contribution in [3.8, 4) is 0 Å². The molecule has 1 aliphatic rings. The Balaban J connectivity index is 0.00000256. The first kappa shape index (κ1) is 16.7. The van der Waals surface area contributed by atoms with Gasteiger partial charge in [0, 0.05) is 19.6 Å². The molecule has 1 fully saturated rings. The van der Waals surface area contributed by atoms with E-state index < -0.39 is 0 Å². The number of hydrogen-bond donors (Lipinski definition) is 1. The number of piperidine rings is 1. The molecule has 1 saturated heterocycles. The summed E-state index contributed by atoms with van der Waals surface area (Å²) >= 11 is 0. The van der Waals surface area contributed by atoms with Crippen LogP contribution in [0.4, 0.5) is 0 Å². The van der Waals surface area contributed by atoms with Crippen LogP contribution in [0.5, 0.6) is 0 Å². The van der Waals surface area contributed by atoms with Crippen LogP contribution in [0.15, 0.2) is 0 Å². The summed E-state index contributed by atoms with van der Waals surface area (Å²) in [5.74, 6) is 0.834. The highest BCUT2D eigenvalue weighted by Crippen LogP contribution is 2.14. The van der Waals surface area contributed by atoms with Gasteiger partial charge in [0.1, 0.15) is 0 Å². The molecule has 0 aromatic heterocycles. The highest BCUT2D eigenvalue weighted by atomic mass is 35.5. The number of nitrogens with zero attached hydrogens (tertiary/aromatic N) is 2. The molecular formula is C12H26ClN3O. The molecule has 5 heteroatoms. The van der Waals surface area contributed by atoms with Gasteiger partial charge in [0.15, 0.2) is 0 Å². The van der Waals surface area contributed by atoms with E-state index in [9.17, 15) is 4.79 Å². The molecule has 0 spiro atoms. The van der Waals surface area contributed by atoms with Gasteiger partial charge in [-0.2, -0.15) is 0 Å². The van der Waals surface area contributed by atoms with Gasteiger partial charge in [-0.1, -0.05) is 0 Å². The van der Waals surface area contributed by atoms with Crippen molar-refractivity contribution in [2.75, 3.05) is 39.3 Å². The van der Waals surface area contributed by atoms with Gasteiger partial charge >= 0.3 is 0 Å². The van der Waals surface area contributed by atoms with Crippen LogP contribution >= 0.6 is 12.4 Å². The average Bonchev–Trinajstić information content (AvgIpc) is 2.31. The minimum Gasteiger partial charge on any atom is -0.342 e. The molecule has 1 heterocycles. The Morgan fingerprint density at radius 2 is 2.06 bits per heavy atom. The maximum Gasteiger partial charge on any atom is 0.236 e. The lowest BCUT2D eigenvalue weighted by Crippen LogP contribution is -2.45. The Morgan fingerprint density at radius 3 is 2.59 bits per heavy atom. The molecule has 4 nitrogen and oxygen atoms in total. The minimum atomic E-state index is 0. The van der Waals surface area contributed by atoms with Gasteiger partial charge < -0.3 is 10.6 Å². The van der Waals surface area contributed by atoms with Crippen molar-refractivity contribution in [1.82, 2.24) is 9.80 Å². The highest BCUT2D eigenvalue weighted by Gasteiger charge is 2.21. The van der Waals surface area contributed by atoms with Crippen LogP contribution in [-0.2, 0) is 4.79 Å². The standard InChI is InChI=1S/C12H25N3O.ClH/c1-3-15(4-2)12(16)10-14-7-5-6-11(8-13)9-14;/h11H,3-10,13H2,1-2H3;1H. The minimum absolute atomic E-state index is 0. The summed E-state index contributed by atoms with van der Waals surface area (Å²) in [6.07, 6.45) is 2.39. The quantitative estimate of drug-likeness (QED) is 0.804. The van der Waals surface area contributed by atoms with E-state index in [1.165, 1.54) is 12.8 Å². The number of carbonyl (C=O) groups excluding carboxylic acids is 1. The molecule has 17 heavy (non-hydrogen) atoms. The SMILES string of the molecule is CCN(CC)C(=O)CN1CCCC(CN)C1.Cl. The van der Waals surface area contributed by atoms with Crippen molar-refractivity contribution < 1.29 is 4.79 Å². The number of likely N-dealkylation sites (tertiary alicyclic amines) is 1. The second-order valence-electron chi connectivity index (χ2n) is 4.55. The molecule has 1 aliphatic heterocycles. The number of likely N-dealkylation sites (N-methyl/N-ethyl adjacent to an activating group) is 1. The largest absolute Gasteiger partial charge is 0.342 e. The molecule has 1 amide bonds. The van der Waals surface area contributed by atoms with Crippen molar-refractivity contribution in [3.05, 3.63) is 0 Å². The zero-order valence-corrected chi connectivity index (χ0v) is 11.8. The maximum absolute atomic E-state index is 11.9. The Morgan fingerprint density at radius 1 is 1.41 bits per heavy atom. The van der Waals surface area contributed by atoms with Gasteiger partial charge in [0.2, 0.25) is 5.91 Å². The Bertz CT molecular complexity index is 222. The van der Waals surface area contributed by atoms with Crippen LogP contribution in [0.1, 0.15) is 26.7 Å². The molecule has 0 aliphatic carbocycles. The number of amides is 1. The van der Waals surface area contributed by atoms with Crippen LogP contribution in [0.3, 0.4) is 0 Å². The van der Waals surface area contributed by atoms with Crippen LogP contribution in [-0.4, -0.2) is 55.0 Å². The summed E-state index contributed by atoms with van der Waals surface area (Å²) in [5.41, 5.74) is 5.69. The molecule has 1 unspecified atom stereocenters. The summed E-state index contributed by atoms with van der Waals surface area (Å²) in [4.78, 5) is 16.1. The molecule has 0 saturated carbocycles. The molecule has 1 rings (SSSR count). The molecule has 102 valence electrons. The smallest absolute Gasteiger partial charge is 0.236 e. The summed E-state index contributed by atoms with van der Waals surface area (Å²) < 4.78 is 0. The summed E-state index contributed by atoms with van der Waals surface area (Å²) in [6.45, 7) is 9.02. The normalized spacial score (nSPS) is 20.8. The number of carbonyl (C=O) groups is 1. The first-order valence-corrected chi connectivity index (χ1v) is 6.41. The van der Waals surface area contributed by atoms with Crippen molar-refractivity contribution in [2.45, 2.75) is 26.7 Å². The van der Waals surface area contributed by atoms with E-state index in [0.717, 1.165) is 32.7 Å². The van der Waals surface area contributed by atoms with E-state index in [2.05, 4.69) is 4.90 Å². The molecule has 0 radical (unpaired) electrons. The number of nitrogens with two attached hydrogens (primary N) is 1. The third-order valence-corrected chi connectivity index (χ3v) is 3.41. The van der Waals surface area contributed by atoms with E-state index in [0.29, 0.717) is 12.5 Å². The van der Waals surface area contributed by atoms with Crippen LogP contribution in [0.2, 0.25) is 0 Å². The third kappa shape index (κ3) is 5.23. The lowest BCUT2D eigenvalue weighted by atomic mass is 9.98. The van der Waals surface area contributed by atoms with Crippen LogP contribution < -0.4 is 5.73 Å².